The third-order valence-electron chi connectivity index (χ3n) is 5.62. The first-order chi connectivity index (χ1) is 13.2. The van der Waals surface area contributed by atoms with Gasteiger partial charge in [0.25, 0.3) is 0 Å². The Morgan fingerprint density at radius 1 is 1.22 bits per heavy atom. The molecule has 0 aromatic carbocycles. The molecule has 8 heteroatoms. The van der Waals surface area contributed by atoms with Crippen LogP contribution in [-0.4, -0.2) is 83.9 Å². The number of piperidine rings is 2. The van der Waals surface area contributed by atoms with Crippen LogP contribution in [0.5, 0.6) is 0 Å². The Labute approximate surface area is 160 Å². The van der Waals surface area contributed by atoms with Gasteiger partial charge in [0, 0.05) is 51.7 Å². The maximum absolute atomic E-state index is 12.4. The summed E-state index contributed by atoms with van der Waals surface area (Å²) in [5.41, 5.74) is 0. The monoisotopic (exact) mass is 377 g/mol. The van der Waals surface area contributed by atoms with E-state index in [4.69, 9.17) is 4.74 Å². The van der Waals surface area contributed by atoms with E-state index < -0.39 is 0 Å². The Morgan fingerprint density at radius 2 is 2.04 bits per heavy atom. The van der Waals surface area contributed by atoms with Crippen LogP contribution < -0.4 is 5.32 Å². The molecule has 1 atom stereocenters. The Kier molecular flexibility index (Phi) is 7.23. The van der Waals surface area contributed by atoms with Crippen LogP contribution in [0.3, 0.4) is 0 Å². The third-order valence-corrected chi connectivity index (χ3v) is 5.62. The summed E-state index contributed by atoms with van der Waals surface area (Å²) in [6, 6.07) is 2.30. The maximum Gasteiger partial charge on any atom is 0.244 e. The zero-order valence-corrected chi connectivity index (χ0v) is 16.2. The van der Waals surface area contributed by atoms with Crippen molar-refractivity contribution in [1.82, 2.24) is 24.9 Å². The lowest BCUT2D eigenvalue weighted by Crippen LogP contribution is -2.52. The second-order valence-electron chi connectivity index (χ2n) is 7.43. The molecule has 1 N–H and O–H groups in total. The number of carbonyl (C=O) groups is 2. The number of nitrogens with one attached hydrogen (secondary N) is 1. The lowest BCUT2D eigenvalue weighted by Gasteiger charge is -2.42. The zero-order valence-electron chi connectivity index (χ0n) is 16.2. The van der Waals surface area contributed by atoms with Gasteiger partial charge in [-0.25, -0.2) is 0 Å². The first kappa shape index (κ1) is 19.8. The molecule has 0 aliphatic carbocycles. The molecule has 1 aromatic heterocycles. The van der Waals surface area contributed by atoms with E-state index in [1.54, 1.807) is 18.0 Å². The Hall–Kier alpha value is -1.93. The highest BCUT2D eigenvalue weighted by Crippen LogP contribution is 2.24. The van der Waals surface area contributed by atoms with E-state index in [0.29, 0.717) is 25.7 Å². The highest BCUT2D eigenvalue weighted by Gasteiger charge is 2.32. The highest BCUT2D eigenvalue weighted by atomic mass is 16.5. The number of amides is 2. The molecule has 0 saturated carbocycles. The third kappa shape index (κ3) is 5.52. The fourth-order valence-corrected chi connectivity index (χ4v) is 4.09. The number of hydrogen-bond acceptors (Lipinski definition) is 5. The molecule has 27 heavy (non-hydrogen) atoms. The molecule has 2 amide bonds. The molecule has 2 aliphatic rings. The van der Waals surface area contributed by atoms with Crippen LogP contribution in [0, 0.1) is 5.92 Å². The minimum Gasteiger partial charge on any atom is -0.383 e. The number of rotatable bonds is 7. The van der Waals surface area contributed by atoms with Gasteiger partial charge in [-0.2, -0.15) is 5.10 Å². The Bertz CT molecular complexity index is 598. The van der Waals surface area contributed by atoms with E-state index in [-0.39, 0.29) is 17.7 Å². The molecule has 3 heterocycles. The molecule has 150 valence electrons. The van der Waals surface area contributed by atoms with E-state index in [2.05, 4.69) is 15.3 Å². The number of nitrogens with zero attached hydrogens (tertiary/aromatic N) is 4. The van der Waals surface area contributed by atoms with Gasteiger partial charge in [-0.15, -0.1) is 0 Å². The van der Waals surface area contributed by atoms with Crippen molar-refractivity contribution in [1.29, 1.82) is 0 Å². The van der Waals surface area contributed by atoms with Gasteiger partial charge in [-0.05, 0) is 38.3 Å². The van der Waals surface area contributed by atoms with Crippen molar-refractivity contribution in [2.75, 3.05) is 46.4 Å². The predicted octanol–water partition coefficient (Wildman–Crippen LogP) is 0.349. The van der Waals surface area contributed by atoms with Gasteiger partial charge in [0.2, 0.25) is 11.8 Å². The maximum atomic E-state index is 12.4. The van der Waals surface area contributed by atoms with E-state index in [1.807, 2.05) is 17.2 Å². The van der Waals surface area contributed by atoms with E-state index in [1.165, 1.54) is 0 Å². The smallest absolute Gasteiger partial charge is 0.244 e. The number of carbonyl (C=O) groups excluding carboxylic acids is 2. The van der Waals surface area contributed by atoms with Gasteiger partial charge in [-0.3, -0.25) is 19.2 Å². The van der Waals surface area contributed by atoms with Gasteiger partial charge in [0.15, 0.2) is 0 Å². The number of ether oxygens (including phenoxy) is 1. The molecule has 0 spiro atoms. The lowest BCUT2D eigenvalue weighted by atomic mass is 9.93. The van der Waals surface area contributed by atoms with Gasteiger partial charge >= 0.3 is 0 Å². The molecule has 2 saturated heterocycles. The predicted molar refractivity (Wildman–Crippen MR) is 101 cm³/mol. The first-order valence-electron chi connectivity index (χ1n) is 9.93. The molecule has 8 nitrogen and oxygen atoms in total. The van der Waals surface area contributed by atoms with Gasteiger partial charge in [-0.1, -0.05) is 0 Å². The van der Waals surface area contributed by atoms with Crippen molar-refractivity contribution < 1.29 is 14.3 Å². The standard InChI is InChI=1S/C19H31N5O3/c1-27-13-8-20-19(26)16-4-2-9-23(14-16)17-5-11-22(12-6-17)18(25)15-24-10-3-7-21-24/h3,7,10,16-17H,2,4-6,8-9,11-15H2,1H3,(H,20,26)/t16-/m0/s1. The number of aromatic nitrogens is 2. The summed E-state index contributed by atoms with van der Waals surface area (Å²) < 4.78 is 6.67. The van der Waals surface area contributed by atoms with Crippen LogP contribution in [0.2, 0.25) is 0 Å². The topological polar surface area (TPSA) is 79.7 Å². The van der Waals surface area contributed by atoms with Crippen LogP contribution in [0.4, 0.5) is 0 Å². The average molecular weight is 377 g/mol. The Balaban J connectivity index is 1.43. The zero-order chi connectivity index (χ0) is 19.1. The largest absolute Gasteiger partial charge is 0.383 e. The van der Waals surface area contributed by atoms with Gasteiger partial charge in [0.05, 0.1) is 12.5 Å². The SMILES string of the molecule is COCCNC(=O)[C@H]1CCCN(C2CCN(C(=O)Cn3cccn3)CC2)C1. The van der Waals surface area contributed by atoms with Crippen LogP contribution in [0.15, 0.2) is 18.5 Å². The summed E-state index contributed by atoms with van der Waals surface area (Å²) in [7, 11) is 1.64. The van der Waals surface area contributed by atoms with Crippen molar-refractivity contribution in [3.63, 3.8) is 0 Å². The summed E-state index contributed by atoms with van der Waals surface area (Å²) in [5, 5.41) is 7.07. The van der Waals surface area contributed by atoms with E-state index >= 15 is 0 Å². The number of hydrogen-bond donors (Lipinski definition) is 1. The van der Waals surface area contributed by atoms with E-state index in [9.17, 15) is 9.59 Å². The van der Waals surface area contributed by atoms with Crippen LogP contribution in [0.25, 0.3) is 0 Å². The quantitative estimate of drug-likeness (QED) is 0.694. The molecule has 0 bridgehead atoms. The summed E-state index contributed by atoms with van der Waals surface area (Å²) in [6.45, 7) is 4.87. The van der Waals surface area contributed by atoms with Gasteiger partial charge in [0.1, 0.15) is 6.54 Å². The van der Waals surface area contributed by atoms with Crippen molar-refractivity contribution in [2.45, 2.75) is 38.3 Å². The minimum atomic E-state index is 0.0649. The summed E-state index contributed by atoms with van der Waals surface area (Å²) in [4.78, 5) is 29.1. The highest BCUT2D eigenvalue weighted by molar-refractivity contribution is 5.79. The van der Waals surface area contributed by atoms with E-state index in [0.717, 1.165) is 51.9 Å². The van der Waals surface area contributed by atoms with Crippen LogP contribution >= 0.6 is 0 Å². The minimum absolute atomic E-state index is 0.0649. The van der Waals surface area contributed by atoms with Crippen molar-refractivity contribution in [3.05, 3.63) is 18.5 Å². The van der Waals surface area contributed by atoms with Crippen LogP contribution in [-0.2, 0) is 20.9 Å². The normalized spacial score (nSPS) is 22.0. The number of likely N-dealkylation sites (tertiary alicyclic amines) is 2. The molecule has 3 rings (SSSR count). The fourth-order valence-electron chi connectivity index (χ4n) is 4.09. The summed E-state index contributed by atoms with van der Waals surface area (Å²) in [6.07, 6.45) is 7.47. The average Bonchev–Trinajstić information content (AvgIpc) is 3.21. The molecular formula is C19H31N5O3. The molecule has 2 fully saturated rings. The summed E-state index contributed by atoms with van der Waals surface area (Å²) in [5.74, 6) is 0.338. The lowest BCUT2D eigenvalue weighted by molar-refractivity contribution is -0.133. The molecule has 2 aliphatic heterocycles. The fraction of sp³-hybridized carbons (Fsp3) is 0.737. The number of methoxy groups -OCH3 is 1. The van der Waals surface area contributed by atoms with Crippen LogP contribution in [0.1, 0.15) is 25.7 Å². The molecule has 1 aromatic rings. The Morgan fingerprint density at radius 3 is 2.74 bits per heavy atom. The van der Waals surface area contributed by atoms with Crippen molar-refractivity contribution >= 4 is 11.8 Å². The molecule has 0 radical (unpaired) electrons. The summed E-state index contributed by atoms with van der Waals surface area (Å²) >= 11 is 0. The van der Waals surface area contributed by atoms with Crippen molar-refractivity contribution in [2.24, 2.45) is 5.92 Å². The first-order valence-corrected chi connectivity index (χ1v) is 9.93. The van der Waals surface area contributed by atoms with Gasteiger partial charge < -0.3 is 15.0 Å². The van der Waals surface area contributed by atoms with Crippen molar-refractivity contribution in [3.8, 4) is 0 Å². The molecule has 0 unspecified atom stereocenters. The second kappa shape index (κ2) is 9.85. The second-order valence-corrected chi connectivity index (χ2v) is 7.43. The molecular weight excluding hydrogens is 346 g/mol.